The summed E-state index contributed by atoms with van der Waals surface area (Å²) < 4.78 is 27.3. The number of nitrogens with one attached hydrogen (secondary N) is 2. The third kappa shape index (κ3) is 4.72. The van der Waals surface area contributed by atoms with Crippen LogP contribution in [0.4, 0.5) is 0 Å². The summed E-state index contributed by atoms with van der Waals surface area (Å²) in [5, 5.41) is 11.6. The van der Waals surface area contributed by atoms with Gasteiger partial charge in [0.15, 0.2) is 0 Å². The minimum atomic E-state index is -3.64. The van der Waals surface area contributed by atoms with Gasteiger partial charge in [-0.15, -0.1) is 0 Å². The number of carbonyl (C=O) groups is 2. The van der Waals surface area contributed by atoms with Crippen molar-refractivity contribution >= 4 is 21.9 Å². The van der Waals surface area contributed by atoms with E-state index in [4.69, 9.17) is 5.11 Å². The maximum atomic E-state index is 12.5. The molecule has 3 N–H and O–H groups in total. The molecule has 1 aliphatic carbocycles. The summed E-state index contributed by atoms with van der Waals surface area (Å²) in [4.78, 5) is 23.4. The van der Waals surface area contributed by atoms with E-state index in [0.717, 1.165) is 18.4 Å². The Hall–Kier alpha value is -2.71. The van der Waals surface area contributed by atoms with Gasteiger partial charge in [0.2, 0.25) is 10.0 Å². The Labute approximate surface area is 157 Å². The summed E-state index contributed by atoms with van der Waals surface area (Å²) in [5.41, 5.74) is 1.86. The van der Waals surface area contributed by atoms with Crippen LogP contribution < -0.4 is 10.0 Å². The molecule has 3 rings (SSSR count). The fourth-order valence-electron chi connectivity index (χ4n) is 2.54. The number of carboxylic acid groups (broad SMARTS) is 1. The normalized spacial score (nSPS) is 14.0. The van der Waals surface area contributed by atoms with Gasteiger partial charge in [-0.05, 0) is 55.2 Å². The SMILES string of the molecule is Cc1ccc(S(=O)(=O)NC2CC2)cc1C(=O)NCc1ccc(C(=O)O)cc1. The lowest BCUT2D eigenvalue weighted by Gasteiger charge is -2.11. The number of amides is 1. The molecule has 0 heterocycles. The maximum Gasteiger partial charge on any atom is 0.335 e. The second-order valence-electron chi connectivity index (χ2n) is 6.56. The molecule has 0 aromatic heterocycles. The molecule has 0 radical (unpaired) electrons. The minimum absolute atomic E-state index is 0.0117. The van der Waals surface area contributed by atoms with E-state index >= 15 is 0 Å². The number of hydrogen-bond acceptors (Lipinski definition) is 4. The molecular weight excluding hydrogens is 368 g/mol. The number of benzene rings is 2. The second kappa shape index (κ2) is 7.50. The lowest BCUT2D eigenvalue weighted by molar-refractivity contribution is 0.0696. The number of aryl methyl sites for hydroxylation is 1. The van der Waals surface area contributed by atoms with Crippen LogP contribution in [0.2, 0.25) is 0 Å². The lowest BCUT2D eigenvalue weighted by Crippen LogP contribution is -2.27. The number of hydrogen-bond donors (Lipinski definition) is 3. The highest BCUT2D eigenvalue weighted by atomic mass is 32.2. The van der Waals surface area contributed by atoms with Crippen LogP contribution in [0.1, 0.15) is 44.7 Å². The van der Waals surface area contributed by atoms with Crippen molar-refractivity contribution in [2.75, 3.05) is 0 Å². The van der Waals surface area contributed by atoms with Crippen LogP contribution in [-0.2, 0) is 16.6 Å². The average Bonchev–Trinajstić information content (AvgIpc) is 3.43. The molecule has 1 fully saturated rings. The molecular formula is C19H20N2O5S. The van der Waals surface area contributed by atoms with Gasteiger partial charge < -0.3 is 10.4 Å². The van der Waals surface area contributed by atoms with Crippen molar-refractivity contribution in [3.8, 4) is 0 Å². The van der Waals surface area contributed by atoms with Gasteiger partial charge in [0, 0.05) is 18.2 Å². The van der Waals surface area contributed by atoms with Gasteiger partial charge in [-0.25, -0.2) is 17.9 Å². The molecule has 142 valence electrons. The summed E-state index contributed by atoms with van der Waals surface area (Å²) in [6.45, 7) is 1.94. The largest absolute Gasteiger partial charge is 0.478 e. The summed E-state index contributed by atoms with van der Waals surface area (Å²) >= 11 is 0. The number of carboxylic acids is 1. The van der Waals surface area contributed by atoms with Gasteiger partial charge in [0.05, 0.1) is 10.5 Å². The molecule has 0 spiro atoms. The van der Waals surface area contributed by atoms with Crippen molar-refractivity contribution in [1.82, 2.24) is 10.0 Å². The molecule has 7 nitrogen and oxygen atoms in total. The molecule has 1 saturated carbocycles. The molecule has 0 unspecified atom stereocenters. The minimum Gasteiger partial charge on any atom is -0.478 e. The third-order valence-corrected chi connectivity index (χ3v) is 5.84. The van der Waals surface area contributed by atoms with Gasteiger partial charge in [-0.2, -0.15) is 0 Å². The van der Waals surface area contributed by atoms with E-state index in [-0.39, 0.29) is 28.6 Å². The van der Waals surface area contributed by atoms with Gasteiger partial charge in [0.1, 0.15) is 0 Å². The first-order chi connectivity index (χ1) is 12.8. The predicted molar refractivity (Wildman–Crippen MR) is 99.1 cm³/mol. The number of aromatic carboxylic acids is 1. The molecule has 1 amide bonds. The Kier molecular flexibility index (Phi) is 5.29. The molecule has 8 heteroatoms. The zero-order valence-corrected chi connectivity index (χ0v) is 15.5. The average molecular weight is 388 g/mol. The smallest absolute Gasteiger partial charge is 0.335 e. The number of carbonyl (C=O) groups excluding carboxylic acids is 1. The zero-order chi connectivity index (χ0) is 19.6. The maximum absolute atomic E-state index is 12.5. The topological polar surface area (TPSA) is 113 Å². The first-order valence-corrected chi connectivity index (χ1v) is 9.98. The Balaban J connectivity index is 1.72. The molecule has 2 aromatic carbocycles. The predicted octanol–water partition coefficient (Wildman–Crippen LogP) is 2.06. The Morgan fingerprint density at radius 2 is 1.78 bits per heavy atom. The van der Waals surface area contributed by atoms with Crippen molar-refractivity contribution in [2.45, 2.75) is 37.2 Å². The van der Waals surface area contributed by atoms with E-state index in [1.165, 1.54) is 24.3 Å². The van der Waals surface area contributed by atoms with E-state index in [1.54, 1.807) is 25.1 Å². The second-order valence-corrected chi connectivity index (χ2v) is 8.27. The van der Waals surface area contributed by atoms with E-state index in [9.17, 15) is 18.0 Å². The fraction of sp³-hybridized carbons (Fsp3) is 0.263. The van der Waals surface area contributed by atoms with E-state index in [0.29, 0.717) is 5.56 Å². The number of sulfonamides is 1. The van der Waals surface area contributed by atoms with Crippen LogP contribution in [0.5, 0.6) is 0 Å². The van der Waals surface area contributed by atoms with Crippen LogP contribution in [0.3, 0.4) is 0 Å². The summed E-state index contributed by atoms with van der Waals surface area (Å²) in [7, 11) is -3.64. The van der Waals surface area contributed by atoms with Crippen LogP contribution in [0, 0.1) is 6.92 Å². The third-order valence-electron chi connectivity index (χ3n) is 4.32. The van der Waals surface area contributed by atoms with Crippen LogP contribution in [-0.4, -0.2) is 31.4 Å². The highest BCUT2D eigenvalue weighted by Crippen LogP contribution is 2.23. The number of rotatable bonds is 7. The van der Waals surface area contributed by atoms with Crippen molar-refractivity contribution in [3.63, 3.8) is 0 Å². The van der Waals surface area contributed by atoms with E-state index in [2.05, 4.69) is 10.0 Å². The van der Waals surface area contributed by atoms with Gasteiger partial charge in [-0.3, -0.25) is 4.79 Å². The van der Waals surface area contributed by atoms with Crippen LogP contribution in [0.15, 0.2) is 47.4 Å². The molecule has 27 heavy (non-hydrogen) atoms. The molecule has 2 aromatic rings. The highest BCUT2D eigenvalue weighted by Gasteiger charge is 2.28. The molecule has 0 bridgehead atoms. The summed E-state index contributed by atoms with van der Waals surface area (Å²) in [5.74, 6) is -1.41. The van der Waals surface area contributed by atoms with Crippen molar-refractivity contribution < 1.29 is 23.1 Å². The summed E-state index contributed by atoms with van der Waals surface area (Å²) in [6.07, 6.45) is 1.66. The monoisotopic (exact) mass is 388 g/mol. The van der Waals surface area contributed by atoms with E-state index < -0.39 is 21.9 Å². The van der Waals surface area contributed by atoms with Gasteiger partial charge in [-0.1, -0.05) is 18.2 Å². The van der Waals surface area contributed by atoms with Crippen LogP contribution >= 0.6 is 0 Å². The summed E-state index contributed by atoms with van der Waals surface area (Å²) in [6, 6.07) is 10.6. The molecule has 1 aliphatic rings. The first-order valence-electron chi connectivity index (χ1n) is 8.50. The van der Waals surface area contributed by atoms with E-state index in [1.807, 2.05) is 0 Å². The molecule has 0 atom stereocenters. The van der Waals surface area contributed by atoms with Gasteiger partial charge >= 0.3 is 5.97 Å². The zero-order valence-electron chi connectivity index (χ0n) is 14.7. The quantitative estimate of drug-likeness (QED) is 0.672. The van der Waals surface area contributed by atoms with Crippen molar-refractivity contribution in [1.29, 1.82) is 0 Å². The standard InChI is InChI=1S/C19H20N2O5S/c1-12-2-9-16(27(25,26)21-15-7-8-15)10-17(12)18(22)20-11-13-3-5-14(6-4-13)19(23)24/h2-6,9-10,15,21H,7-8,11H2,1H3,(H,20,22)(H,23,24). The lowest BCUT2D eigenvalue weighted by atomic mass is 10.1. The molecule has 0 aliphatic heterocycles. The highest BCUT2D eigenvalue weighted by molar-refractivity contribution is 7.89. The molecule has 0 saturated heterocycles. The Bertz CT molecular complexity index is 980. The van der Waals surface area contributed by atoms with Gasteiger partial charge in [0.25, 0.3) is 5.91 Å². The Morgan fingerprint density at radius 1 is 1.11 bits per heavy atom. The van der Waals surface area contributed by atoms with Crippen LogP contribution in [0.25, 0.3) is 0 Å². The Morgan fingerprint density at radius 3 is 2.37 bits per heavy atom. The fourth-order valence-corrected chi connectivity index (χ4v) is 3.88. The first kappa shape index (κ1) is 19.1. The van der Waals surface area contributed by atoms with Crippen molar-refractivity contribution in [3.05, 3.63) is 64.7 Å². The van der Waals surface area contributed by atoms with Crippen molar-refractivity contribution in [2.24, 2.45) is 0 Å².